The van der Waals surface area contributed by atoms with E-state index in [1.165, 1.54) is 29.6 Å². The molecular formula is C49H57N9O8S. The first-order chi connectivity index (χ1) is 32.1. The molecule has 0 unspecified atom stereocenters. The largest absolute Gasteiger partial charge is 0.455 e. The van der Waals surface area contributed by atoms with Crippen molar-refractivity contribution < 1.29 is 32.7 Å². The molecule has 2 saturated heterocycles. The molecule has 9 rings (SSSR count). The highest BCUT2D eigenvalue weighted by Gasteiger charge is 2.50. The Labute approximate surface area is 390 Å². The second-order valence-electron chi connectivity index (χ2n) is 19.4. The van der Waals surface area contributed by atoms with Crippen molar-refractivity contribution in [1.82, 2.24) is 24.6 Å². The molecule has 1 amide bonds. The van der Waals surface area contributed by atoms with Gasteiger partial charge < -0.3 is 29.8 Å². The molecule has 352 valence electrons. The zero-order valence-electron chi connectivity index (χ0n) is 38.0. The fourth-order valence-electron chi connectivity index (χ4n) is 10.6. The molecule has 2 aliphatic heterocycles. The number of H-pyrrole nitrogens is 1. The van der Waals surface area contributed by atoms with Crippen LogP contribution in [0.15, 0.2) is 78.1 Å². The van der Waals surface area contributed by atoms with Gasteiger partial charge in [-0.15, -0.1) is 0 Å². The van der Waals surface area contributed by atoms with Crippen LogP contribution in [0.1, 0.15) is 111 Å². The molecule has 2 saturated carbocycles. The van der Waals surface area contributed by atoms with E-state index in [0.29, 0.717) is 54.5 Å². The van der Waals surface area contributed by atoms with Gasteiger partial charge in [0.05, 0.1) is 53.3 Å². The number of fused-ring (bicyclic) bond motifs is 1. The van der Waals surface area contributed by atoms with E-state index in [9.17, 15) is 33.7 Å². The van der Waals surface area contributed by atoms with Crippen molar-refractivity contribution in [2.45, 2.75) is 101 Å². The van der Waals surface area contributed by atoms with Crippen molar-refractivity contribution in [1.29, 1.82) is 5.26 Å². The fourth-order valence-corrected chi connectivity index (χ4v) is 11.5. The number of nitro groups is 1. The van der Waals surface area contributed by atoms with Gasteiger partial charge in [0.2, 0.25) is 5.82 Å². The van der Waals surface area contributed by atoms with Crippen LogP contribution < -0.4 is 19.7 Å². The van der Waals surface area contributed by atoms with E-state index in [1.807, 2.05) is 0 Å². The van der Waals surface area contributed by atoms with Gasteiger partial charge in [0.1, 0.15) is 28.1 Å². The molecule has 4 aliphatic rings. The fraction of sp³-hybridized carbons (Fsp3) is 0.469. The zero-order chi connectivity index (χ0) is 47.1. The Balaban J connectivity index is 0.915. The van der Waals surface area contributed by atoms with Gasteiger partial charge in [-0.2, -0.15) is 5.26 Å². The molecular weight excluding hydrogens is 875 g/mol. The molecule has 17 nitrogen and oxygen atoms in total. The van der Waals surface area contributed by atoms with Crippen molar-refractivity contribution in [2.24, 2.45) is 11.3 Å². The van der Waals surface area contributed by atoms with Crippen LogP contribution in [0.25, 0.3) is 11.0 Å². The van der Waals surface area contributed by atoms with Crippen molar-refractivity contribution in [3.63, 3.8) is 0 Å². The lowest BCUT2D eigenvalue weighted by molar-refractivity contribution is -0.384. The summed E-state index contributed by atoms with van der Waals surface area (Å²) in [6.45, 7) is 10.5. The molecule has 4 fully saturated rings. The van der Waals surface area contributed by atoms with Crippen LogP contribution in [0.4, 0.5) is 17.2 Å². The molecule has 67 heavy (non-hydrogen) atoms. The van der Waals surface area contributed by atoms with Crippen molar-refractivity contribution >= 4 is 44.2 Å². The van der Waals surface area contributed by atoms with Crippen LogP contribution in [-0.4, -0.2) is 95.2 Å². The maximum atomic E-state index is 14.0. The van der Waals surface area contributed by atoms with E-state index in [1.54, 1.807) is 25.1 Å². The smallest absolute Gasteiger partial charge is 0.312 e. The Morgan fingerprint density at radius 2 is 1.84 bits per heavy atom. The summed E-state index contributed by atoms with van der Waals surface area (Å²) in [7, 11) is -4.68. The lowest BCUT2D eigenvalue weighted by Crippen LogP contribution is -2.58. The second kappa shape index (κ2) is 18.5. The topological polar surface area (TPSA) is 229 Å². The monoisotopic (exact) mass is 931 g/mol. The molecule has 1 atom stereocenters. The summed E-state index contributed by atoms with van der Waals surface area (Å²) >= 11 is 0. The van der Waals surface area contributed by atoms with Gasteiger partial charge in [0, 0.05) is 61.6 Å². The number of nitrogens with zero attached hydrogens (tertiary/aromatic N) is 6. The number of nitrogens with one attached hydrogen (secondary N) is 3. The van der Waals surface area contributed by atoms with Crippen molar-refractivity contribution in [2.75, 3.05) is 49.6 Å². The Kier molecular flexibility index (Phi) is 12.7. The summed E-state index contributed by atoms with van der Waals surface area (Å²) in [4.78, 5) is 41.2. The highest BCUT2D eigenvalue weighted by molar-refractivity contribution is 7.90. The molecule has 18 heteroatoms. The summed E-state index contributed by atoms with van der Waals surface area (Å²) < 4.78 is 41.9. The Bertz CT molecular complexity index is 2820. The van der Waals surface area contributed by atoms with Gasteiger partial charge in [0.15, 0.2) is 0 Å². The maximum absolute atomic E-state index is 14.0. The molecule has 2 aromatic carbocycles. The molecule has 0 radical (unpaired) electrons. The highest BCUT2D eigenvalue weighted by atomic mass is 32.2. The zero-order valence-corrected chi connectivity index (χ0v) is 38.9. The SMILES string of the molecule is CC(C)c1ccccc1[C@H]1COCCN1C1CC2(CCN(c3ccc(C(=O)NS(=O)(=O)c4cnc(NC[C@H]5CC[C@](C)(O)CC5)c([N+](=O)[O-])c4)c(Oc4cnc5[nH]cc(C#N)c5c4)c3)CC2)C1. The average molecular weight is 932 g/mol. The van der Waals surface area contributed by atoms with Gasteiger partial charge in [-0.1, -0.05) is 38.1 Å². The summed E-state index contributed by atoms with van der Waals surface area (Å²) in [6.07, 6.45) is 10.8. The second-order valence-corrected chi connectivity index (χ2v) is 21.1. The maximum Gasteiger partial charge on any atom is 0.312 e. The Morgan fingerprint density at radius 3 is 2.57 bits per heavy atom. The molecule has 5 heterocycles. The van der Waals surface area contributed by atoms with Gasteiger partial charge in [-0.05, 0) is 105 Å². The quantitative estimate of drug-likeness (QED) is 0.0649. The molecule has 1 spiro atoms. The molecule has 2 aliphatic carbocycles. The summed E-state index contributed by atoms with van der Waals surface area (Å²) in [5.74, 6) is -0.281. The van der Waals surface area contributed by atoms with Gasteiger partial charge in [0.25, 0.3) is 15.9 Å². The summed E-state index contributed by atoms with van der Waals surface area (Å²) in [6, 6.07) is 19.1. The van der Waals surface area contributed by atoms with Crippen molar-refractivity contribution in [3.05, 3.63) is 106 Å². The number of hydrogen-bond donors (Lipinski definition) is 4. The number of hydrogen-bond acceptors (Lipinski definition) is 14. The number of benzene rings is 2. The van der Waals surface area contributed by atoms with Crippen LogP contribution >= 0.6 is 0 Å². The third kappa shape index (κ3) is 9.69. The normalized spacial score (nSPS) is 22.3. The molecule has 5 aromatic rings. The number of carbonyl (C=O) groups excluding carboxylic acids is 1. The van der Waals surface area contributed by atoms with E-state index in [0.717, 1.165) is 82.7 Å². The van der Waals surface area contributed by atoms with Gasteiger partial charge >= 0.3 is 5.69 Å². The lowest BCUT2D eigenvalue weighted by atomic mass is 9.59. The predicted molar refractivity (Wildman–Crippen MR) is 252 cm³/mol. The third-order valence-corrected chi connectivity index (χ3v) is 15.8. The predicted octanol–water partition coefficient (Wildman–Crippen LogP) is 7.95. The number of ether oxygens (including phenoxy) is 2. The first-order valence-electron chi connectivity index (χ1n) is 23.2. The van der Waals surface area contributed by atoms with E-state index in [4.69, 9.17) is 9.47 Å². The summed E-state index contributed by atoms with van der Waals surface area (Å²) in [5, 5.41) is 35.6. The number of amides is 1. The van der Waals surface area contributed by atoms with Gasteiger partial charge in [-0.25, -0.2) is 23.1 Å². The van der Waals surface area contributed by atoms with Crippen LogP contribution in [0, 0.1) is 32.8 Å². The van der Waals surface area contributed by atoms with Crippen molar-refractivity contribution in [3.8, 4) is 17.6 Å². The minimum atomic E-state index is -4.68. The third-order valence-electron chi connectivity index (χ3n) is 14.5. The van der Waals surface area contributed by atoms with E-state index < -0.39 is 37.0 Å². The Hall–Kier alpha value is -6.13. The number of pyridine rings is 2. The minimum Gasteiger partial charge on any atom is -0.455 e. The first kappa shape index (κ1) is 46.0. The number of aliphatic hydroxyl groups is 1. The summed E-state index contributed by atoms with van der Waals surface area (Å²) in [5.41, 5.74) is 3.16. The van der Waals surface area contributed by atoms with Crippen LogP contribution in [0.3, 0.4) is 0 Å². The highest BCUT2D eigenvalue weighted by Crippen LogP contribution is 2.53. The molecule has 3 aromatic heterocycles. The number of anilines is 2. The first-order valence-corrected chi connectivity index (χ1v) is 24.6. The Morgan fingerprint density at radius 1 is 1.07 bits per heavy atom. The van der Waals surface area contributed by atoms with E-state index >= 15 is 0 Å². The van der Waals surface area contributed by atoms with Crippen LogP contribution in [-0.2, 0) is 14.8 Å². The van der Waals surface area contributed by atoms with Crippen LogP contribution in [0.2, 0.25) is 0 Å². The van der Waals surface area contributed by atoms with Crippen LogP contribution in [0.5, 0.6) is 11.5 Å². The van der Waals surface area contributed by atoms with E-state index in [-0.39, 0.29) is 40.3 Å². The number of morpholine rings is 1. The minimum absolute atomic E-state index is 0.0531. The number of sulfonamides is 1. The number of piperidine rings is 1. The average Bonchev–Trinajstić information content (AvgIpc) is 3.72. The van der Waals surface area contributed by atoms with E-state index in [2.05, 4.69) is 79.0 Å². The lowest BCUT2D eigenvalue weighted by Gasteiger charge is -2.57. The number of nitriles is 1. The number of carbonyl (C=O) groups is 1. The number of aromatic amines is 1. The van der Waals surface area contributed by atoms with Gasteiger partial charge in [-0.3, -0.25) is 19.8 Å². The molecule has 0 bridgehead atoms. The number of aromatic nitrogens is 3. The molecule has 4 N–H and O–H groups in total. The standard InChI is InChI=1S/C49H57N9O8S/c1-31(2)38-6-4-5-7-39(38)43-30-65-19-18-57(43)35-23-49(24-35)14-16-56(17-15-49)34-8-9-40(44(20-34)66-36-21-41-33(25-50)27-52-45(41)53-28-36)47(59)55-67(63,64)37-22-42(58(61)62)46(54-29-37)51-26-32-10-12-48(3,60)13-11-32/h4-9,20-22,27-29,31-32,35,43,60H,10-19,23-24,26,30H2,1-3H3,(H,51,54)(H,52,53)(H,55,59)/t32-,43-,48-/m1/s1. The number of rotatable bonds is 13.